The summed E-state index contributed by atoms with van der Waals surface area (Å²) >= 11 is 1.52. The van der Waals surface area contributed by atoms with Gasteiger partial charge in [-0.2, -0.15) is 0 Å². The van der Waals surface area contributed by atoms with Crippen LogP contribution in [0.5, 0.6) is 0 Å². The molecule has 1 aliphatic carbocycles. The summed E-state index contributed by atoms with van der Waals surface area (Å²) in [5.41, 5.74) is 1.74. The fourth-order valence-corrected chi connectivity index (χ4v) is 4.90. The smallest absolute Gasteiger partial charge is 0.262 e. The third kappa shape index (κ3) is 2.96. The molecule has 1 atom stereocenters. The largest absolute Gasteiger partial charge is 0.282 e. The van der Waals surface area contributed by atoms with Gasteiger partial charge in [0.1, 0.15) is 6.04 Å². The van der Waals surface area contributed by atoms with Gasteiger partial charge in [-0.15, -0.1) is 17.9 Å². The van der Waals surface area contributed by atoms with Crippen LogP contribution in [0.2, 0.25) is 0 Å². The molecule has 7 heteroatoms. The van der Waals surface area contributed by atoms with E-state index in [0.29, 0.717) is 16.3 Å². The Morgan fingerprint density at radius 3 is 2.50 bits per heavy atom. The first-order valence-electron chi connectivity index (χ1n) is 9.40. The van der Waals surface area contributed by atoms with E-state index in [9.17, 15) is 14.4 Å². The highest BCUT2D eigenvalue weighted by Gasteiger charge is 2.42. The van der Waals surface area contributed by atoms with Gasteiger partial charge in [0.15, 0.2) is 5.13 Å². The highest BCUT2D eigenvalue weighted by molar-refractivity contribution is 7.16. The summed E-state index contributed by atoms with van der Waals surface area (Å²) in [7, 11) is 0. The Bertz CT molecular complexity index is 923. The van der Waals surface area contributed by atoms with Gasteiger partial charge in [-0.3, -0.25) is 24.2 Å². The number of anilines is 1. The Kier molecular flexibility index (Phi) is 4.85. The monoisotopic (exact) mass is 395 g/mol. The zero-order valence-corrected chi connectivity index (χ0v) is 16.5. The lowest BCUT2D eigenvalue weighted by atomic mass is 10.0. The Hall–Kier alpha value is -2.80. The molecule has 0 bridgehead atoms. The molecule has 2 heterocycles. The summed E-state index contributed by atoms with van der Waals surface area (Å²) in [5, 5.41) is 0.611. The van der Waals surface area contributed by atoms with E-state index in [-0.39, 0.29) is 12.5 Å². The van der Waals surface area contributed by atoms with Crippen LogP contribution in [-0.4, -0.2) is 40.2 Å². The molecule has 2 aliphatic rings. The Labute approximate surface area is 167 Å². The van der Waals surface area contributed by atoms with Crippen LogP contribution in [0.3, 0.4) is 0 Å². The van der Waals surface area contributed by atoms with Gasteiger partial charge in [-0.05, 0) is 44.7 Å². The van der Waals surface area contributed by atoms with Crippen molar-refractivity contribution in [1.82, 2.24) is 9.88 Å². The summed E-state index contributed by atoms with van der Waals surface area (Å²) < 4.78 is 0. The maximum absolute atomic E-state index is 13.3. The van der Waals surface area contributed by atoms with E-state index < -0.39 is 17.9 Å². The minimum absolute atomic E-state index is 0.277. The molecule has 0 unspecified atom stereocenters. The number of rotatable bonds is 5. The van der Waals surface area contributed by atoms with Gasteiger partial charge >= 0.3 is 0 Å². The van der Waals surface area contributed by atoms with Crippen LogP contribution in [0.1, 0.15) is 51.1 Å². The molecule has 0 fully saturated rings. The SMILES string of the molecule is C=CCN(C(=O)[C@@H](C)N1C(=O)c2ccccc2C1=O)c1nc2c(s1)CCCC2. The zero-order valence-electron chi connectivity index (χ0n) is 15.7. The van der Waals surface area contributed by atoms with Crippen LogP contribution in [0, 0.1) is 0 Å². The first kappa shape index (κ1) is 18.6. The number of aromatic nitrogens is 1. The number of benzene rings is 1. The molecule has 6 nitrogen and oxygen atoms in total. The Morgan fingerprint density at radius 2 is 1.89 bits per heavy atom. The van der Waals surface area contributed by atoms with Crippen molar-refractivity contribution in [3.63, 3.8) is 0 Å². The average Bonchev–Trinajstić information content (AvgIpc) is 3.25. The first-order valence-corrected chi connectivity index (χ1v) is 10.2. The van der Waals surface area contributed by atoms with Crippen molar-refractivity contribution in [3.05, 3.63) is 58.6 Å². The summed E-state index contributed by atoms with van der Waals surface area (Å²) in [4.78, 5) is 47.2. The van der Waals surface area contributed by atoms with Crippen molar-refractivity contribution in [2.45, 2.75) is 38.6 Å². The topological polar surface area (TPSA) is 70.6 Å². The van der Waals surface area contributed by atoms with Crippen LogP contribution >= 0.6 is 11.3 Å². The standard InChI is InChI=1S/C21H21N3O3S/c1-3-12-23(21-22-16-10-6-7-11-17(16)28-21)18(25)13(2)24-19(26)14-8-4-5-9-15(14)20(24)27/h3-5,8-9,13H,1,6-7,10-12H2,2H3/t13-/m1/s1. The molecular weight excluding hydrogens is 374 g/mol. The average molecular weight is 395 g/mol. The van der Waals surface area contributed by atoms with E-state index in [1.807, 2.05) is 0 Å². The van der Waals surface area contributed by atoms with Crippen LogP contribution in [0.4, 0.5) is 5.13 Å². The molecule has 0 N–H and O–H groups in total. The summed E-state index contributed by atoms with van der Waals surface area (Å²) in [5.74, 6) is -1.20. The molecule has 1 aromatic carbocycles. The number of fused-ring (bicyclic) bond motifs is 2. The molecule has 3 amide bonds. The maximum atomic E-state index is 13.3. The number of nitrogens with zero attached hydrogens (tertiary/aromatic N) is 3. The lowest BCUT2D eigenvalue weighted by Crippen LogP contribution is -2.49. The molecule has 4 rings (SSSR count). The number of amides is 3. The molecule has 0 saturated heterocycles. The van der Waals surface area contributed by atoms with Crippen molar-refractivity contribution in [2.75, 3.05) is 11.4 Å². The predicted octanol–water partition coefficient (Wildman–Crippen LogP) is 3.23. The first-order chi connectivity index (χ1) is 13.5. The van der Waals surface area contributed by atoms with E-state index in [1.165, 1.54) is 21.1 Å². The summed E-state index contributed by atoms with van der Waals surface area (Å²) in [6.45, 7) is 5.61. The van der Waals surface area contributed by atoms with Gasteiger partial charge in [0.25, 0.3) is 17.7 Å². The van der Waals surface area contributed by atoms with Crippen molar-refractivity contribution in [1.29, 1.82) is 0 Å². The van der Waals surface area contributed by atoms with Gasteiger partial charge in [0.05, 0.1) is 16.8 Å². The Balaban J connectivity index is 1.63. The highest BCUT2D eigenvalue weighted by Crippen LogP contribution is 2.33. The van der Waals surface area contributed by atoms with Crippen LogP contribution < -0.4 is 4.90 Å². The number of hydrogen-bond acceptors (Lipinski definition) is 5. The molecular formula is C21H21N3O3S. The number of carbonyl (C=O) groups excluding carboxylic acids is 3. The number of aryl methyl sites for hydroxylation is 2. The number of thiazole rings is 1. The fraction of sp³-hybridized carbons (Fsp3) is 0.333. The van der Waals surface area contributed by atoms with Crippen molar-refractivity contribution >= 4 is 34.2 Å². The normalized spacial score (nSPS) is 16.5. The second kappa shape index (κ2) is 7.31. The lowest BCUT2D eigenvalue weighted by molar-refractivity contribution is -0.121. The zero-order chi connectivity index (χ0) is 19.8. The van der Waals surface area contributed by atoms with E-state index >= 15 is 0 Å². The minimum Gasteiger partial charge on any atom is -0.282 e. The van der Waals surface area contributed by atoms with Crippen LogP contribution in [-0.2, 0) is 17.6 Å². The molecule has 28 heavy (non-hydrogen) atoms. The lowest BCUT2D eigenvalue weighted by Gasteiger charge is -2.27. The summed E-state index contributed by atoms with van der Waals surface area (Å²) in [6, 6.07) is 5.73. The quantitative estimate of drug-likeness (QED) is 0.576. The number of imide groups is 1. The van der Waals surface area contributed by atoms with Gasteiger partial charge in [-0.25, -0.2) is 4.98 Å². The van der Waals surface area contributed by atoms with Crippen LogP contribution in [0.25, 0.3) is 0 Å². The van der Waals surface area contributed by atoms with Gasteiger partial charge in [-0.1, -0.05) is 18.2 Å². The predicted molar refractivity (Wildman–Crippen MR) is 108 cm³/mol. The van der Waals surface area contributed by atoms with Gasteiger partial charge in [0, 0.05) is 11.4 Å². The van der Waals surface area contributed by atoms with Crippen molar-refractivity contribution < 1.29 is 14.4 Å². The summed E-state index contributed by atoms with van der Waals surface area (Å²) in [6.07, 6.45) is 5.78. The molecule has 0 spiro atoms. The van der Waals surface area contributed by atoms with E-state index in [4.69, 9.17) is 0 Å². The number of carbonyl (C=O) groups is 3. The third-order valence-corrected chi connectivity index (χ3v) is 6.39. The minimum atomic E-state index is -0.923. The third-order valence-electron chi connectivity index (χ3n) is 5.21. The Morgan fingerprint density at radius 1 is 1.25 bits per heavy atom. The second-order valence-corrected chi connectivity index (χ2v) is 8.07. The highest BCUT2D eigenvalue weighted by atomic mass is 32.1. The van der Waals surface area contributed by atoms with Gasteiger partial charge < -0.3 is 0 Å². The molecule has 2 aromatic rings. The number of hydrogen-bond donors (Lipinski definition) is 0. The van der Waals surface area contributed by atoms with E-state index in [1.54, 1.807) is 37.3 Å². The van der Waals surface area contributed by atoms with Crippen molar-refractivity contribution in [3.8, 4) is 0 Å². The van der Waals surface area contributed by atoms with Crippen molar-refractivity contribution in [2.24, 2.45) is 0 Å². The molecule has 144 valence electrons. The van der Waals surface area contributed by atoms with Gasteiger partial charge in [0.2, 0.25) is 0 Å². The second-order valence-electron chi connectivity index (χ2n) is 7.01. The maximum Gasteiger partial charge on any atom is 0.262 e. The molecule has 1 aliphatic heterocycles. The van der Waals surface area contributed by atoms with Crippen LogP contribution in [0.15, 0.2) is 36.9 Å². The molecule has 0 radical (unpaired) electrons. The molecule has 1 aromatic heterocycles. The van der Waals surface area contributed by atoms with E-state index in [2.05, 4.69) is 11.6 Å². The fourth-order valence-electron chi connectivity index (χ4n) is 3.74. The van der Waals surface area contributed by atoms with E-state index in [0.717, 1.165) is 36.3 Å². The molecule has 0 saturated carbocycles.